The fourth-order valence-corrected chi connectivity index (χ4v) is 6.96. The Kier molecular flexibility index (Phi) is 9.03. The molecule has 1 aromatic heterocycles. The fourth-order valence-electron chi connectivity index (χ4n) is 6.96. The van der Waals surface area contributed by atoms with Crippen LogP contribution in [0.3, 0.4) is 0 Å². The van der Waals surface area contributed by atoms with Crippen LogP contribution in [0.25, 0.3) is 5.57 Å². The summed E-state index contributed by atoms with van der Waals surface area (Å²) < 4.78 is 19.7. The van der Waals surface area contributed by atoms with E-state index < -0.39 is 41.6 Å². The van der Waals surface area contributed by atoms with Gasteiger partial charge in [-0.1, -0.05) is 78.5 Å². The number of nitrogens with one attached hydrogen (secondary N) is 3. The Balaban J connectivity index is 1.66. The molecule has 2 aromatic carbocycles. The maximum atomic E-state index is 14.0. The van der Waals surface area contributed by atoms with Gasteiger partial charge in [-0.25, -0.2) is 0 Å². The van der Waals surface area contributed by atoms with E-state index >= 15 is 0 Å². The first-order chi connectivity index (χ1) is 23.4. The van der Waals surface area contributed by atoms with E-state index in [1.807, 2.05) is 56.3 Å². The van der Waals surface area contributed by atoms with Crippen LogP contribution in [-0.2, 0) is 26.2 Å². The van der Waals surface area contributed by atoms with Crippen LogP contribution in [0.5, 0.6) is 5.75 Å². The van der Waals surface area contributed by atoms with Crippen LogP contribution in [0.1, 0.15) is 76.2 Å². The van der Waals surface area contributed by atoms with Crippen molar-refractivity contribution in [3.05, 3.63) is 95.1 Å². The molecule has 4 N–H and O–H groups in total. The Morgan fingerprint density at radius 1 is 1.16 bits per heavy atom. The van der Waals surface area contributed by atoms with Crippen LogP contribution < -0.4 is 20.7 Å². The number of rotatable bonds is 7. The molecule has 0 fully saturated rings. The van der Waals surface area contributed by atoms with Gasteiger partial charge in [0.2, 0.25) is 17.7 Å². The number of hydrogen-bond donors (Lipinski definition) is 4. The van der Waals surface area contributed by atoms with Gasteiger partial charge in [-0.2, -0.15) is 10.2 Å². The quantitative estimate of drug-likeness (QED) is 0.267. The average molecular weight is 666 g/mol. The second kappa shape index (κ2) is 13.1. The summed E-state index contributed by atoms with van der Waals surface area (Å²) >= 11 is 0. The highest BCUT2D eigenvalue weighted by atomic mass is 16.5. The summed E-state index contributed by atoms with van der Waals surface area (Å²) in [6, 6.07) is 14.1. The molecule has 3 aliphatic heterocycles. The molecule has 2 bridgehead atoms. The molecule has 11 nitrogen and oxygen atoms in total. The number of allylic oxidation sites excluding steroid dienone is 1. The number of aliphatic hydroxyl groups excluding tert-OH is 1. The van der Waals surface area contributed by atoms with E-state index in [0.717, 1.165) is 22.4 Å². The van der Waals surface area contributed by atoms with E-state index in [1.54, 1.807) is 13.8 Å². The Hall–Kier alpha value is -5.08. The lowest BCUT2D eigenvalue weighted by atomic mass is 9.71. The van der Waals surface area contributed by atoms with Gasteiger partial charge in [0.05, 0.1) is 11.6 Å². The normalized spacial score (nSPS) is 24.9. The molecule has 6 rings (SSSR count). The number of nitrogens with zero attached hydrogens (tertiary/aromatic N) is 2. The topological polar surface area (TPSA) is 159 Å². The van der Waals surface area contributed by atoms with Gasteiger partial charge < -0.3 is 34.9 Å². The predicted molar refractivity (Wildman–Crippen MR) is 183 cm³/mol. The second-order valence-electron chi connectivity index (χ2n) is 13.8. The number of para-hydroxylation sites is 1. The van der Waals surface area contributed by atoms with Gasteiger partial charge in [-0.15, -0.1) is 0 Å². The van der Waals surface area contributed by atoms with E-state index in [1.165, 1.54) is 6.26 Å². The molecule has 0 saturated carbocycles. The first-order valence-corrected chi connectivity index (χ1v) is 16.8. The molecule has 1 spiro atoms. The summed E-state index contributed by atoms with van der Waals surface area (Å²) in [5.41, 5.74) is 3.01. The number of amides is 2. The highest BCUT2D eigenvalue weighted by molar-refractivity contribution is 5.90. The lowest BCUT2D eigenvalue weighted by Crippen LogP contribution is -2.54. The van der Waals surface area contributed by atoms with Crippen molar-refractivity contribution in [2.75, 3.05) is 5.32 Å². The number of anilines is 1. The van der Waals surface area contributed by atoms with Crippen molar-refractivity contribution in [1.29, 1.82) is 5.26 Å². The number of carbonyl (C=O) groups excluding carboxylic acids is 2. The van der Waals surface area contributed by atoms with Gasteiger partial charge in [-0.05, 0) is 47.4 Å². The summed E-state index contributed by atoms with van der Waals surface area (Å²) in [4.78, 5) is 31.7. The van der Waals surface area contributed by atoms with Crippen molar-refractivity contribution >= 4 is 23.1 Å². The average Bonchev–Trinajstić information content (AvgIpc) is 3.76. The lowest BCUT2D eigenvalue weighted by Gasteiger charge is -2.37. The third kappa shape index (κ3) is 5.74. The van der Waals surface area contributed by atoms with E-state index in [4.69, 9.17) is 13.9 Å². The smallest absolute Gasteiger partial charge is 0.249 e. The highest BCUT2D eigenvalue weighted by Gasteiger charge is 2.61. The zero-order valence-corrected chi connectivity index (χ0v) is 28.7. The lowest BCUT2D eigenvalue weighted by molar-refractivity contribution is -0.135. The maximum absolute atomic E-state index is 14.0. The largest absolute Gasteiger partial charge is 0.469 e. The number of oxazole rings is 1. The number of aromatic nitrogens is 1. The molecule has 0 radical (unpaired) electrons. The Morgan fingerprint density at radius 2 is 1.92 bits per heavy atom. The number of ether oxygens (including phenoxy) is 2. The molecule has 0 saturated heterocycles. The minimum Gasteiger partial charge on any atom is -0.469 e. The van der Waals surface area contributed by atoms with Gasteiger partial charge in [0.25, 0.3) is 0 Å². The standard InChI is InChI=1S/C38H43N5O6/c1-8-21(6)30(36-40-24(17-39)18-47-36)33-38-25-11-9-10-12-27(25)42-37(38)49-29-14-13-23(15-26(29)38)16-28(41-35(46)32(44)20(4)5)34(45)43-31(19(2)3)22(7)48-33/h9-15,18-21,28,31-32,37,42,44H,7-8,16H2,1-6H3,(H,41,46)(H,43,45). The third-order valence-corrected chi connectivity index (χ3v) is 9.82. The molecular formula is C38H43N5O6. The minimum atomic E-state index is -1.28. The summed E-state index contributed by atoms with van der Waals surface area (Å²) in [5.74, 6) is -0.129. The molecule has 4 heterocycles. The summed E-state index contributed by atoms with van der Waals surface area (Å²) in [6.07, 6.45) is 0.240. The summed E-state index contributed by atoms with van der Waals surface area (Å²) in [5, 5.41) is 29.7. The molecule has 11 heteroatoms. The molecule has 2 amide bonds. The summed E-state index contributed by atoms with van der Waals surface area (Å²) in [7, 11) is 0. The van der Waals surface area contributed by atoms with E-state index in [-0.39, 0.29) is 41.5 Å². The predicted octanol–water partition coefficient (Wildman–Crippen LogP) is 5.16. The van der Waals surface area contributed by atoms with Gasteiger partial charge in [0.1, 0.15) is 47.2 Å². The number of hydrogen-bond acceptors (Lipinski definition) is 9. The second-order valence-corrected chi connectivity index (χ2v) is 13.8. The van der Waals surface area contributed by atoms with Crippen molar-refractivity contribution in [2.45, 2.75) is 84.2 Å². The van der Waals surface area contributed by atoms with Crippen LogP contribution in [0.4, 0.5) is 5.69 Å². The maximum Gasteiger partial charge on any atom is 0.249 e. The Labute approximate surface area is 286 Å². The van der Waals surface area contributed by atoms with Crippen molar-refractivity contribution in [2.24, 2.45) is 17.8 Å². The van der Waals surface area contributed by atoms with Crippen molar-refractivity contribution in [1.82, 2.24) is 15.6 Å². The molecule has 6 unspecified atom stereocenters. The monoisotopic (exact) mass is 665 g/mol. The minimum absolute atomic E-state index is 0.135. The molecular weight excluding hydrogens is 622 g/mol. The zero-order valence-electron chi connectivity index (χ0n) is 28.7. The number of carbonyl (C=O) groups is 2. The highest BCUT2D eigenvalue weighted by Crippen LogP contribution is 2.60. The van der Waals surface area contributed by atoms with E-state index in [0.29, 0.717) is 23.5 Å². The number of nitriles is 1. The SMILES string of the molecule is C=C1OC(=C(c2nc(C#N)co2)C(C)CC)C23c4ccccc4NC2Oc2ccc(cc23)CC(NC(=O)C(O)C(C)C)C(=O)NC1C(C)C. The van der Waals surface area contributed by atoms with Crippen molar-refractivity contribution in [3.63, 3.8) is 0 Å². The van der Waals surface area contributed by atoms with E-state index in [9.17, 15) is 20.0 Å². The van der Waals surface area contributed by atoms with Crippen LogP contribution in [0, 0.1) is 29.1 Å². The first-order valence-electron chi connectivity index (χ1n) is 16.8. The molecule has 6 atom stereocenters. The van der Waals surface area contributed by atoms with Crippen molar-refractivity contribution in [3.8, 4) is 11.8 Å². The number of fused-ring (bicyclic) bond motifs is 2. The van der Waals surface area contributed by atoms with Crippen molar-refractivity contribution < 1.29 is 28.6 Å². The van der Waals surface area contributed by atoms with Crippen LogP contribution in [-0.4, -0.2) is 46.3 Å². The molecule has 3 aromatic rings. The van der Waals surface area contributed by atoms with Gasteiger partial charge >= 0.3 is 0 Å². The van der Waals surface area contributed by atoms with Gasteiger partial charge in [0.15, 0.2) is 11.9 Å². The first kappa shape index (κ1) is 33.8. The fraction of sp³-hybridized carbons (Fsp3) is 0.421. The van der Waals surface area contributed by atoms with Crippen LogP contribution in [0.2, 0.25) is 0 Å². The third-order valence-electron chi connectivity index (χ3n) is 9.82. The molecule has 49 heavy (non-hydrogen) atoms. The molecule has 256 valence electrons. The van der Waals surface area contributed by atoms with E-state index in [2.05, 4.69) is 47.4 Å². The number of aliphatic hydroxyl groups is 1. The molecule has 0 aliphatic carbocycles. The summed E-state index contributed by atoms with van der Waals surface area (Å²) in [6.45, 7) is 15.8. The van der Waals surface area contributed by atoms with Gasteiger partial charge in [-0.3, -0.25) is 9.59 Å². The Bertz CT molecular complexity index is 1870. The Morgan fingerprint density at radius 3 is 2.59 bits per heavy atom. The zero-order chi connectivity index (χ0) is 35.2. The van der Waals surface area contributed by atoms with Crippen LogP contribution in [0.15, 0.2) is 71.2 Å². The van der Waals surface area contributed by atoms with Gasteiger partial charge in [0, 0.05) is 17.7 Å². The molecule has 3 aliphatic rings. The van der Waals surface area contributed by atoms with Crippen LogP contribution >= 0.6 is 0 Å². The number of benzene rings is 2.